The number of rotatable bonds is 4. The summed E-state index contributed by atoms with van der Waals surface area (Å²) in [6.45, 7) is 9.11. The highest BCUT2D eigenvalue weighted by Crippen LogP contribution is 2.11. The summed E-state index contributed by atoms with van der Waals surface area (Å²) in [4.78, 5) is 0. The van der Waals surface area contributed by atoms with Crippen molar-refractivity contribution in [1.82, 2.24) is 0 Å². The summed E-state index contributed by atoms with van der Waals surface area (Å²) >= 11 is 0. The number of hydrogen-bond donors (Lipinski definition) is 1. The van der Waals surface area contributed by atoms with Gasteiger partial charge in [-0.25, -0.2) is 0 Å². The second-order valence-corrected chi connectivity index (χ2v) is 3.44. The van der Waals surface area contributed by atoms with Gasteiger partial charge in [-0.1, -0.05) is 36.8 Å². The lowest BCUT2D eigenvalue weighted by molar-refractivity contribution is 0.734. The van der Waals surface area contributed by atoms with Gasteiger partial charge in [0.05, 0.1) is 0 Å². The van der Waals surface area contributed by atoms with E-state index in [2.05, 4.69) is 39.0 Å². The molecule has 0 aliphatic carbocycles. The van der Waals surface area contributed by atoms with Crippen molar-refractivity contribution < 1.29 is 0 Å². The monoisotopic (exact) mass is 179 g/mol. The maximum atomic E-state index is 5.54. The Bertz CT molecular complexity index is 221. The molecule has 0 fully saturated rings. The molecule has 0 aromatic carbocycles. The van der Waals surface area contributed by atoms with Crippen molar-refractivity contribution in [2.75, 3.05) is 6.54 Å². The standard InChI is InChI=1S/C12H21N/c1-5-6-7-11(3)12(4)8-10(2)9-13/h5-8,10H,9,13H2,1-4H3. The molecular weight excluding hydrogens is 158 g/mol. The summed E-state index contributed by atoms with van der Waals surface area (Å²) < 4.78 is 0. The molecule has 0 aromatic rings. The molecule has 0 bridgehead atoms. The van der Waals surface area contributed by atoms with E-state index in [0.717, 1.165) is 0 Å². The van der Waals surface area contributed by atoms with E-state index < -0.39 is 0 Å². The van der Waals surface area contributed by atoms with Gasteiger partial charge in [-0.3, -0.25) is 0 Å². The highest BCUT2D eigenvalue weighted by atomic mass is 14.5. The first-order valence-corrected chi connectivity index (χ1v) is 4.80. The molecule has 0 aliphatic rings. The molecule has 0 aromatic heterocycles. The van der Waals surface area contributed by atoms with Crippen LogP contribution in [0.2, 0.25) is 0 Å². The van der Waals surface area contributed by atoms with Crippen LogP contribution in [0, 0.1) is 5.92 Å². The lowest BCUT2D eigenvalue weighted by Gasteiger charge is -2.05. The predicted molar refractivity (Wildman–Crippen MR) is 60.5 cm³/mol. The number of hydrogen-bond acceptors (Lipinski definition) is 1. The predicted octanol–water partition coefficient (Wildman–Crippen LogP) is 3.05. The highest BCUT2D eigenvalue weighted by Gasteiger charge is 1.96. The third-order valence-electron chi connectivity index (χ3n) is 2.07. The molecule has 74 valence electrons. The van der Waals surface area contributed by atoms with Gasteiger partial charge in [-0.15, -0.1) is 0 Å². The third kappa shape index (κ3) is 5.42. The minimum Gasteiger partial charge on any atom is -0.330 e. The first kappa shape index (κ1) is 12.2. The van der Waals surface area contributed by atoms with Gasteiger partial charge in [-0.2, -0.15) is 0 Å². The topological polar surface area (TPSA) is 26.0 Å². The van der Waals surface area contributed by atoms with Crippen LogP contribution in [0.3, 0.4) is 0 Å². The molecule has 0 radical (unpaired) electrons. The fraction of sp³-hybridized carbons (Fsp3) is 0.500. The van der Waals surface area contributed by atoms with Gasteiger partial charge >= 0.3 is 0 Å². The van der Waals surface area contributed by atoms with Crippen molar-refractivity contribution in [2.45, 2.75) is 27.7 Å². The SMILES string of the molecule is CC=CC=C(C)C(C)=CC(C)CN. The molecule has 1 nitrogen and oxygen atoms in total. The summed E-state index contributed by atoms with van der Waals surface area (Å²) in [5, 5.41) is 0. The normalized spacial score (nSPS) is 16.7. The van der Waals surface area contributed by atoms with Gasteiger partial charge in [0.15, 0.2) is 0 Å². The van der Waals surface area contributed by atoms with Crippen LogP contribution in [-0.4, -0.2) is 6.54 Å². The van der Waals surface area contributed by atoms with Gasteiger partial charge in [0, 0.05) is 0 Å². The zero-order valence-corrected chi connectivity index (χ0v) is 9.17. The Morgan fingerprint density at radius 3 is 2.38 bits per heavy atom. The van der Waals surface area contributed by atoms with Crippen molar-refractivity contribution in [3.05, 3.63) is 35.5 Å². The molecule has 0 saturated heterocycles. The van der Waals surface area contributed by atoms with Crippen LogP contribution >= 0.6 is 0 Å². The summed E-state index contributed by atoms with van der Waals surface area (Å²) in [5.74, 6) is 0.467. The van der Waals surface area contributed by atoms with Crippen molar-refractivity contribution in [3.63, 3.8) is 0 Å². The summed E-state index contributed by atoms with van der Waals surface area (Å²) in [6.07, 6.45) is 8.42. The van der Waals surface area contributed by atoms with Crippen LogP contribution in [-0.2, 0) is 0 Å². The van der Waals surface area contributed by atoms with Gasteiger partial charge < -0.3 is 5.73 Å². The molecule has 1 unspecified atom stereocenters. The lowest BCUT2D eigenvalue weighted by atomic mass is 10.0. The molecule has 0 heterocycles. The Labute approximate surface area is 82.0 Å². The van der Waals surface area contributed by atoms with Gasteiger partial charge in [0.2, 0.25) is 0 Å². The quantitative estimate of drug-likeness (QED) is 0.659. The Morgan fingerprint density at radius 2 is 1.92 bits per heavy atom. The van der Waals surface area contributed by atoms with E-state index in [1.165, 1.54) is 11.1 Å². The van der Waals surface area contributed by atoms with E-state index in [9.17, 15) is 0 Å². The second-order valence-electron chi connectivity index (χ2n) is 3.44. The van der Waals surface area contributed by atoms with E-state index in [0.29, 0.717) is 12.5 Å². The van der Waals surface area contributed by atoms with E-state index >= 15 is 0 Å². The Morgan fingerprint density at radius 1 is 1.31 bits per heavy atom. The molecule has 0 aliphatic heterocycles. The van der Waals surface area contributed by atoms with Crippen molar-refractivity contribution in [3.8, 4) is 0 Å². The van der Waals surface area contributed by atoms with Crippen LogP contribution in [0.1, 0.15) is 27.7 Å². The zero-order valence-electron chi connectivity index (χ0n) is 9.17. The third-order valence-corrected chi connectivity index (χ3v) is 2.07. The molecule has 1 heteroatoms. The molecule has 0 rings (SSSR count). The first-order valence-electron chi connectivity index (χ1n) is 4.80. The van der Waals surface area contributed by atoms with Crippen LogP contribution in [0.25, 0.3) is 0 Å². The molecule has 0 saturated carbocycles. The van der Waals surface area contributed by atoms with Gasteiger partial charge in [-0.05, 0) is 38.8 Å². The largest absolute Gasteiger partial charge is 0.330 e. The number of allylic oxidation sites excluding steroid dienone is 5. The van der Waals surface area contributed by atoms with Crippen LogP contribution < -0.4 is 5.73 Å². The Hall–Kier alpha value is -0.820. The van der Waals surface area contributed by atoms with E-state index in [-0.39, 0.29) is 0 Å². The minimum absolute atomic E-state index is 0.467. The molecule has 0 amide bonds. The van der Waals surface area contributed by atoms with Gasteiger partial charge in [0.1, 0.15) is 0 Å². The smallest absolute Gasteiger partial charge is 0.00166 e. The molecular formula is C12H21N. The van der Waals surface area contributed by atoms with Crippen LogP contribution in [0.5, 0.6) is 0 Å². The van der Waals surface area contributed by atoms with Crippen LogP contribution in [0.15, 0.2) is 35.5 Å². The molecule has 13 heavy (non-hydrogen) atoms. The number of nitrogens with two attached hydrogens (primary N) is 1. The fourth-order valence-electron chi connectivity index (χ4n) is 0.998. The highest BCUT2D eigenvalue weighted by molar-refractivity contribution is 5.30. The maximum Gasteiger partial charge on any atom is -0.00166 e. The zero-order chi connectivity index (χ0) is 10.3. The summed E-state index contributed by atoms with van der Waals surface area (Å²) in [7, 11) is 0. The Kier molecular flexibility index (Phi) is 6.25. The average molecular weight is 179 g/mol. The molecule has 1 atom stereocenters. The van der Waals surface area contributed by atoms with Crippen molar-refractivity contribution in [1.29, 1.82) is 0 Å². The average Bonchev–Trinajstić information content (AvgIpc) is 2.13. The van der Waals surface area contributed by atoms with Gasteiger partial charge in [0.25, 0.3) is 0 Å². The maximum absolute atomic E-state index is 5.54. The first-order chi connectivity index (χ1) is 6.11. The summed E-state index contributed by atoms with van der Waals surface area (Å²) in [6, 6.07) is 0. The van der Waals surface area contributed by atoms with Crippen molar-refractivity contribution in [2.24, 2.45) is 11.7 Å². The molecule has 2 N–H and O–H groups in total. The van der Waals surface area contributed by atoms with E-state index in [4.69, 9.17) is 5.73 Å². The van der Waals surface area contributed by atoms with E-state index in [1.807, 2.05) is 13.0 Å². The minimum atomic E-state index is 0.467. The van der Waals surface area contributed by atoms with Crippen molar-refractivity contribution >= 4 is 0 Å². The fourth-order valence-corrected chi connectivity index (χ4v) is 0.998. The van der Waals surface area contributed by atoms with E-state index in [1.54, 1.807) is 0 Å². The van der Waals surface area contributed by atoms with Crippen LogP contribution in [0.4, 0.5) is 0 Å². The summed E-state index contributed by atoms with van der Waals surface area (Å²) in [5.41, 5.74) is 8.16. The molecule has 0 spiro atoms. The Balaban J connectivity index is 4.40. The lowest BCUT2D eigenvalue weighted by Crippen LogP contribution is -2.08. The second kappa shape index (κ2) is 6.67.